The summed E-state index contributed by atoms with van der Waals surface area (Å²) in [5, 5.41) is 4.09. The van der Waals surface area contributed by atoms with Gasteiger partial charge in [0, 0.05) is 9.75 Å². The highest BCUT2D eigenvalue weighted by Gasteiger charge is 2.19. The number of thiophene rings is 1. The van der Waals surface area contributed by atoms with E-state index in [4.69, 9.17) is 11.6 Å². The van der Waals surface area contributed by atoms with Gasteiger partial charge in [-0.25, -0.2) is 9.78 Å². The lowest BCUT2D eigenvalue weighted by Crippen LogP contribution is -2.04. The number of hydrogen-bond acceptors (Lipinski definition) is 6. The Morgan fingerprint density at radius 2 is 2.24 bits per heavy atom. The second-order valence-corrected chi connectivity index (χ2v) is 7.13. The second kappa shape index (κ2) is 6.77. The highest BCUT2D eigenvalue weighted by atomic mass is 35.5. The molecule has 0 amide bonds. The quantitative estimate of drug-likeness (QED) is 0.799. The summed E-state index contributed by atoms with van der Waals surface area (Å²) in [5.41, 5.74) is 1.32. The van der Waals surface area contributed by atoms with Gasteiger partial charge in [-0.3, -0.25) is 0 Å². The maximum absolute atomic E-state index is 11.5. The fourth-order valence-electron chi connectivity index (χ4n) is 1.95. The molecule has 1 unspecified atom stereocenters. The summed E-state index contributed by atoms with van der Waals surface area (Å²) in [6, 6.07) is 2.30. The van der Waals surface area contributed by atoms with Crippen molar-refractivity contribution in [3.63, 3.8) is 0 Å². The molecule has 0 spiro atoms. The molecule has 0 aliphatic carbocycles. The number of methoxy groups -OCH3 is 1. The molecule has 4 nitrogen and oxygen atoms in total. The van der Waals surface area contributed by atoms with Crippen LogP contribution >= 0.6 is 34.3 Å². The maximum atomic E-state index is 11.5. The van der Waals surface area contributed by atoms with Gasteiger partial charge in [0.15, 0.2) is 15.2 Å². The van der Waals surface area contributed by atoms with Crippen molar-refractivity contribution in [1.29, 1.82) is 0 Å². The zero-order chi connectivity index (χ0) is 15.6. The molecule has 1 N–H and O–H groups in total. The fraction of sp³-hybridized carbons (Fsp3) is 0.429. The summed E-state index contributed by atoms with van der Waals surface area (Å²) in [5.74, 6) is -0.460. The summed E-state index contributed by atoms with van der Waals surface area (Å²) >= 11 is 8.97. The average Bonchev–Trinajstić information content (AvgIpc) is 3.01. The maximum Gasteiger partial charge on any atom is 0.351 e. The van der Waals surface area contributed by atoms with Gasteiger partial charge < -0.3 is 10.1 Å². The van der Waals surface area contributed by atoms with Gasteiger partial charge in [0.1, 0.15) is 0 Å². The molecule has 0 bridgehead atoms. The third-order valence-electron chi connectivity index (χ3n) is 3.08. The van der Waals surface area contributed by atoms with Crippen LogP contribution in [0.1, 0.15) is 44.9 Å². The van der Waals surface area contributed by atoms with Crippen molar-refractivity contribution in [2.75, 3.05) is 12.4 Å². The molecule has 0 aromatic carbocycles. The molecule has 2 rings (SSSR count). The van der Waals surface area contributed by atoms with Crippen LogP contribution in [0.4, 0.5) is 5.13 Å². The van der Waals surface area contributed by atoms with Crippen LogP contribution in [0.15, 0.2) is 6.07 Å². The number of nitrogens with one attached hydrogen (secondary N) is 1. The molecule has 2 heterocycles. The van der Waals surface area contributed by atoms with Crippen molar-refractivity contribution in [1.82, 2.24) is 4.98 Å². The Morgan fingerprint density at radius 1 is 1.52 bits per heavy atom. The number of anilines is 1. The number of ether oxygens (including phenoxy) is 1. The smallest absolute Gasteiger partial charge is 0.351 e. The number of carbonyl (C=O) groups excluding carboxylic acids is 1. The Balaban J connectivity index is 2.15. The molecular weight excluding hydrogens is 328 g/mol. The second-order valence-electron chi connectivity index (χ2n) is 4.61. The summed E-state index contributed by atoms with van der Waals surface area (Å²) in [4.78, 5) is 18.7. The lowest BCUT2D eigenvalue weighted by atomic mass is 10.2. The van der Waals surface area contributed by atoms with Gasteiger partial charge in [-0.1, -0.05) is 29.9 Å². The first-order valence-corrected chi connectivity index (χ1v) is 8.57. The normalized spacial score (nSPS) is 12.2. The molecule has 0 radical (unpaired) electrons. The van der Waals surface area contributed by atoms with Crippen LogP contribution in [-0.2, 0) is 11.2 Å². The predicted molar refractivity (Wildman–Crippen MR) is 88.9 cm³/mol. The van der Waals surface area contributed by atoms with Crippen LogP contribution in [-0.4, -0.2) is 18.1 Å². The molecule has 0 aliphatic rings. The number of aryl methyl sites for hydroxylation is 2. The van der Waals surface area contributed by atoms with Crippen LogP contribution < -0.4 is 5.32 Å². The highest BCUT2D eigenvalue weighted by molar-refractivity contribution is 7.18. The average molecular weight is 345 g/mol. The van der Waals surface area contributed by atoms with Gasteiger partial charge in [0.25, 0.3) is 0 Å². The first kappa shape index (κ1) is 16.3. The van der Waals surface area contributed by atoms with Crippen molar-refractivity contribution in [2.24, 2.45) is 0 Å². The number of rotatable bonds is 5. The fourth-order valence-corrected chi connectivity index (χ4v) is 4.26. The third kappa shape index (κ3) is 3.56. The molecule has 7 heteroatoms. The minimum Gasteiger partial charge on any atom is -0.465 e. The van der Waals surface area contributed by atoms with Crippen molar-refractivity contribution in [3.8, 4) is 0 Å². The zero-order valence-corrected chi connectivity index (χ0v) is 14.7. The van der Waals surface area contributed by atoms with Crippen LogP contribution in [0.5, 0.6) is 0 Å². The number of halogens is 1. The summed E-state index contributed by atoms with van der Waals surface area (Å²) in [7, 11) is 1.33. The van der Waals surface area contributed by atoms with Crippen LogP contribution in [0, 0.1) is 6.92 Å². The van der Waals surface area contributed by atoms with Crippen LogP contribution in [0.3, 0.4) is 0 Å². The van der Waals surface area contributed by atoms with E-state index in [2.05, 4.69) is 41.9 Å². The molecule has 0 saturated carbocycles. The SMILES string of the molecule is CCc1sc(C(C)Nc2nc(Cl)c(C(=O)OC)s2)cc1C. The molecule has 0 fully saturated rings. The van der Waals surface area contributed by atoms with Gasteiger partial charge >= 0.3 is 5.97 Å². The first-order valence-electron chi connectivity index (χ1n) is 6.56. The lowest BCUT2D eigenvalue weighted by molar-refractivity contribution is 0.0606. The van der Waals surface area contributed by atoms with E-state index in [1.54, 1.807) is 11.3 Å². The van der Waals surface area contributed by atoms with Gasteiger partial charge in [0.2, 0.25) is 0 Å². The van der Waals surface area contributed by atoms with Crippen molar-refractivity contribution >= 4 is 45.4 Å². The number of carbonyl (C=O) groups is 1. The molecule has 21 heavy (non-hydrogen) atoms. The van der Waals surface area contributed by atoms with E-state index >= 15 is 0 Å². The summed E-state index contributed by atoms with van der Waals surface area (Å²) in [6.07, 6.45) is 1.04. The molecule has 114 valence electrons. The minimum atomic E-state index is -0.460. The Bertz CT molecular complexity index is 651. The van der Waals surface area contributed by atoms with E-state index in [1.807, 2.05) is 0 Å². The summed E-state index contributed by atoms with van der Waals surface area (Å²) in [6.45, 7) is 6.35. The number of hydrogen-bond donors (Lipinski definition) is 1. The van der Waals surface area contributed by atoms with E-state index in [0.29, 0.717) is 10.0 Å². The lowest BCUT2D eigenvalue weighted by Gasteiger charge is -2.10. The van der Waals surface area contributed by atoms with Gasteiger partial charge in [-0.05, 0) is 31.9 Å². The van der Waals surface area contributed by atoms with Crippen LogP contribution in [0.2, 0.25) is 5.15 Å². The monoisotopic (exact) mass is 344 g/mol. The van der Waals surface area contributed by atoms with E-state index in [1.165, 1.54) is 33.8 Å². The minimum absolute atomic E-state index is 0.113. The Hall–Kier alpha value is -1.11. The summed E-state index contributed by atoms with van der Waals surface area (Å²) < 4.78 is 4.67. The highest BCUT2D eigenvalue weighted by Crippen LogP contribution is 2.33. The van der Waals surface area contributed by atoms with Crippen molar-refractivity contribution in [2.45, 2.75) is 33.2 Å². The Kier molecular flexibility index (Phi) is 5.24. The first-order chi connectivity index (χ1) is 9.96. The molecular formula is C14H17ClN2O2S2. The van der Waals surface area contributed by atoms with Crippen LogP contribution in [0.25, 0.3) is 0 Å². The molecule has 2 aromatic heterocycles. The Labute approximate surface area is 137 Å². The number of aromatic nitrogens is 1. The van der Waals surface area contributed by atoms with E-state index in [-0.39, 0.29) is 11.2 Å². The van der Waals surface area contributed by atoms with Crippen molar-refractivity contribution < 1.29 is 9.53 Å². The predicted octanol–water partition coefficient (Wildman–Crippen LogP) is 4.69. The number of nitrogens with zero attached hydrogens (tertiary/aromatic N) is 1. The van der Waals surface area contributed by atoms with E-state index in [9.17, 15) is 4.79 Å². The van der Waals surface area contributed by atoms with Crippen molar-refractivity contribution in [3.05, 3.63) is 31.4 Å². The molecule has 0 saturated heterocycles. The topological polar surface area (TPSA) is 51.2 Å². The van der Waals surface area contributed by atoms with Gasteiger partial charge in [0.05, 0.1) is 13.2 Å². The molecule has 1 atom stereocenters. The standard InChI is InChI=1S/C14H17ClN2O2S2/c1-5-9-7(2)6-10(20-9)8(3)16-14-17-12(15)11(21-14)13(18)19-4/h6,8H,5H2,1-4H3,(H,16,17). The van der Waals surface area contributed by atoms with Gasteiger partial charge in [-0.15, -0.1) is 11.3 Å². The molecule has 2 aromatic rings. The zero-order valence-electron chi connectivity index (χ0n) is 12.3. The number of thiazole rings is 1. The largest absolute Gasteiger partial charge is 0.465 e. The van der Waals surface area contributed by atoms with E-state index < -0.39 is 5.97 Å². The van der Waals surface area contributed by atoms with Gasteiger partial charge in [-0.2, -0.15) is 0 Å². The molecule has 0 aliphatic heterocycles. The van der Waals surface area contributed by atoms with E-state index in [0.717, 1.165) is 6.42 Å². The third-order valence-corrected chi connectivity index (χ3v) is 6.00. The number of esters is 1. The Morgan fingerprint density at radius 3 is 2.81 bits per heavy atom.